The zero-order chi connectivity index (χ0) is 9.26. The molecule has 0 aliphatic heterocycles. The normalized spacial score (nSPS) is 10.2. The molecule has 0 unspecified atom stereocenters. The average molecular weight is 192 g/mol. The van der Waals surface area contributed by atoms with Crippen LogP contribution in [0, 0.1) is 11.3 Å². The summed E-state index contributed by atoms with van der Waals surface area (Å²) in [6.45, 7) is 0. The molecule has 0 saturated heterocycles. The van der Waals surface area contributed by atoms with Gasteiger partial charge in [-0.1, -0.05) is 11.6 Å². The van der Waals surface area contributed by atoms with Crippen molar-refractivity contribution >= 4 is 22.6 Å². The van der Waals surface area contributed by atoms with Crippen LogP contribution in [-0.4, -0.2) is 9.97 Å². The molecule has 13 heavy (non-hydrogen) atoms. The van der Waals surface area contributed by atoms with E-state index in [1.165, 1.54) is 0 Å². The van der Waals surface area contributed by atoms with E-state index in [9.17, 15) is 0 Å². The molecular formula is C9H6ClN3. The molecular weight excluding hydrogens is 186 g/mol. The van der Waals surface area contributed by atoms with Gasteiger partial charge in [0.25, 0.3) is 0 Å². The lowest BCUT2D eigenvalue weighted by molar-refractivity contribution is 1.08. The molecule has 0 spiro atoms. The van der Waals surface area contributed by atoms with Crippen LogP contribution in [0.3, 0.4) is 0 Å². The summed E-state index contributed by atoms with van der Waals surface area (Å²) >= 11 is 5.79. The van der Waals surface area contributed by atoms with Gasteiger partial charge in [0.15, 0.2) is 0 Å². The number of nitrogens with one attached hydrogen (secondary N) is 1. The van der Waals surface area contributed by atoms with E-state index < -0.39 is 0 Å². The summed E-state index contributed by atoms with van der Waals surface area (Å²) in [4.78, 5) is 7.23. The Morgan fingerprint density at radius 3 is 3.15 bits per heavy atom. The molecule has 0 fully saturated rings. The van der Waals surface area contributed by atoms with E-state index in [-0.39, 0.29) is 0 Å². The summed E-state index contributed by atoms with van der Waals surface area (Å²) < 4.78 is 0. The van der Waals surface area contributed by atoms with Crippen molar-refractivity contribution in [3.63, 3.8) is 0 Å². The van der Waals surface area contributed by atoms with E-state index in [1.807, 2.05) is 12.1 Å². The number of fused-ring (bicyclic) bond motifs is 1. The van der Waals surface area contributed by atoms with Crippen molar-refractivity contribution in [2.75, 3.05) is 0 Å². The van der Waals surface area contributed by atoms with Crippen molar-refractivity contribution in [1.29, 1.82) is 5.26 Å². The molecule has 2 aromatic rings. The molecule has 0 bridgehead atoms. The second-order valence-electron chi connectivity index (χ2n) is 2.68. The SMILES string of the molecule is N#CCc1nc2cc(Cl)ccc2[nH]1. The minimum atomic E-state index is 0.298. The number of aromatic nitrogens is 2. The molecule has 0 atom stereocenters. The van der Waals surface area contributed by atoms with Gasteiger partial charge >= 0.3 is 0 Å². The van der Waals surface area contributed by atoms with Gasteiger partial charge in [-0.05, 0) is 18.2 Å². The first-order valence-corrected chi connectivity index (χ1v) is 4.18. The number of nitriles is 1. The van der Waals surface area contributed by atoms with Gasteiger partial charge in [-0.25, -0.2) is 4.98 Å². The van der Waals surface area contributed by atoms with Gasteiger partial charge in [0, 0.05) is 5.02 Å². The quantitative estimate of drug-likeness (QED) is 0.752. The van der Waals surface area contributed by atoms with Crippen LogP contribution >= 0.6 is 11.6 Å². The van der Waals surface area contributed by atoms with Crippen LogP contribution in [0.15, 0.2) is 18.2 Å². The number of nitrogens with zero attached hydrogens (tertiary/aromatic N) is 2. The van der Waals surface area contributed by atoms with Crippen molar-refractivity contribution in [1.82, 2.24) is 9.97 Å². The molecule has 64 valence electrons. The van der Waals surface area contributed by atoms with Gasteiger partial charge in [-0.3, -0.25) is 0 Å². The number of hydrogen-bond acceptors (Lipinski definition) is 2. The number of hydrogen-bond donors (Lipinski definition) is 1. The first-order valence-electron chi connectivity index (χ1n) is 3.80. The van der Waals surface area contributed by atoms with Crippen LogP contribution in [-0.2, 0) is 6.42 Å². The lowest BCUT2D eigenvalue weighted by Gasteiger charge is -1.87. The van der Waals surface area contributed by atoms with Crippen LogP contribution in [0.5, 0.6) is 0 Å². The van der Waals surface area contributed by atoms with Gasteiger partial charge in [0.05, 0.1) is 23.5 Å². The molecule has 1 aromatic carbocycles. The molecule has 0 aliphatic rings. The molecule has 1 N–H and O–H groups in total. The second kappa shape index (κ2) is 3.08. The third-order valence-electron chi connectivity index (χ3n) is 1.74. The third kappa shape index (κ3) is 1.49. The summed E-state index contributed by atoms with van der Waals surface area (Å²) in [6.07, 6.45) is 0.298. The van der Waals surface area contributed by atoms with Gasteiger partial charge in [-0.15, -0.1) is 0 Å². The van der Waals surface area contributed by atoms with E-state index in [2.05, 4.69) is 9.97 Å². The number of H-pyrrole nitrogens is 1. The molecule has 0 amide bonds. The molecule has 0 aliphatic carbocycles. The summed E-state index contributed by atoms with van der Waals surface area (Å²) in [5, 5.41) is 9.12. The van der Waals surface area contributed by atoms with E-state index >= 15 is 0 Å². The average Bonchev–Trinajstić information content (AvgIpc) is 2.46. The molecule has 0 saturated carbocycles. The Morgan fingerprint density at radius 2 is 2.38 bits per heavy atom. The van der Waals surface area contributed by atoms with Crippen LogP contribution < -0.4 is 0 Å². The first kappa shape index (κ1) is 8.09. The van der Waals surface area contributed by atoms with Crippen molar-refractivity contribution in [3.8, 4) is 6.07 Å². The number of imidazole rings is 1. The Balaban J connectivity index is 2.57. The topological polar surface area (TPSA) is 52.5 Å². The largest absolute Gasteiger partial charge is 0.341 e. The number of rotatable bonds is 1. The third-order valence-corrected chi connectivity index (χ3v) is 1.98. The zero-order valence-corrected chi connectivity index (χ0v) is 7.47. The fraction of sp³-hybridized carbons (Fsp3) is 0.111. The first-order chi connectivity index (χ1) is 6.29. The van der Waals surface area contributed by atoms with Crippen molar-refractivity contribution in [2.24, 2.45) is 0 Å². The molecule has 1 aromatic heterocycles. The predicted octanol–water partition coefficient (Wildman–Crippen LogP) is 2.28. The minimum absolute atomic E-state index is 0.298. The highest BCUT2D eigenvalue weighted by molar-refractivity contribution is 6.31. The van der Waals surface area contributed by atoms with Crippen LogP contribution in [0.1, 0.15) is 5.82 Å². The van der Waals surface area contributed by atoms with Crippen LogP contribution in [0.4, 0.5) is 0 Å². The van der Waals surface area contributed by atoms with Crippen LogP contribution in [0.25, 0.3) is 11.0 Å². The summed E-state index contributed by atoms with van der Waals surface area (Å²) in [7, 11) is 0. The van der Waals surface area contributed by atoms with Gasteiger partial charge in [0.2, 0.25) is 0 Å². The Kier molecular flexibility index (Phi) is 1.91. The van der Waals surface area contributed by atoms with E-state index in [4.69, 9.17) is 16.9 Å². The molecule has 0 radical (unpaired) electrons. The van der Waals surface area contributed by atoms with Crippen LogP contribution in [0.2, 0.25) is 5.02 Å². The summed E-state index contributed by atoms with van der Waals surface area (Å²) in [6, 6.07) is 7.45. The molecule has 2 rings (SSSR count). The number of halogens is 1. The lowest BCUT2D eigenvalue weighted by Crippen LogP contribution is -1.81. The Morgan fingerprint density at radius 1 is 1.54 bits per heavy atom. The Bertz CT molecular complexity index is 481. The molecule has 3 nitrogen and oxygen atoms in total. The van der Waals surface area contributed by atoms with Crippen molar-refractivity contribution in [2.45, 2.75) is 6.42 Å². The van der Waals surface area contributed by atoms with Gasteiger partial charge < -0.3 is 4.98 Å². The highest BCUT2D eigenvalue weighted by Gasteiger charge is 2.01. The van der Waals surface area contributed by atoms with Gasteiger partial charge in [-0.2, -0.15) is 5.26 Å². The van der Waals surface area contributed by atoms with Crippen molar-refractivity contribution in [3.05, 3.63) is 29.0 Å². The zero-order valence-electron chi connectivity index (χ0n) is 6.71. The maximum atomic E-state index is 8.46. The number of benzene rings is 1. The summed E-state index contributed by atoms with van der Waals surface area (Å²) in [5.74, 6) is 0.680. The lowest BCUT2D eigenvalue weighted by atomic mass is 10.3. The highest BCUT2D eigenvalue weighted by atomic mass is 35.5. The Hall–Kier alpha value is -1.53. The molecule has 4 heteroatoms. The summed E-state index contributed by atoms with van der Waals surface area (Å²) in [5.41, 5.74) is 1.72. The van der Waals surface area contributed by atoms with E-state index in [1.54, 1.807) is 12.1 Å². The standard InChI is InChI=1S/C9H6ClN3/c10-6-1-2-7-8(5-6)13-9(12-7)3-4-11/h1-2,5H,3H2,(H,12,13). The maximum Gasteiger partial charge on any atom is 0.121 e. The highest BCUT2D eigenvalue weighted by Crippen LogP contribution is 2.16. The molecule has 1 heterocycles. The Labute approximate surface area is 80.0 Å². The smallest absolute Gasteiger partial charge is 0.121 e. The van der Waals surface area contributed by atoms with E-state index in [0.717, 1.165) is 11.0 Å². The van der Waals surface area contributed by atoms with Crippen molar-refractivity contribution < 1.29 is 0 Å². The van der Waals surface area contributed by atoms with E-state index in [0.29, 0.717) is 17.3 Å². The fourth-order valence-corrected chi connectivity index (χ4v) is 1.36. The maximum absolute atomic E-state index is 8.46. The second-order valence-corrected chi connectivity index (χ2v) is 3.12. The fourth-order valence-electron chi connectivity index (χ4n) is 1.19. The number of aromatic amines is 1. The minimum Gasteiger partial charge on any atom is -0.341 e. The predicted molar refractivity (Wildman–Crippen MR) is 50.4 cm³/mol. The van der Waals surface area contributed by atoms with Gasteiger partial charge in [0.1, 0.15) is 5.82 Å². The monoisotopic (exact) mass is 191 g/mol.